The number of amides is 1. The van der Waals surface area contributed by atoms with E-state index in [0.29, 0.717) is 12.8 Å². The molecule has 17 atom stereocenters. The van der Waals surface area contributed by atoms with Crippen molar-refractivity contribution in [2.75, 3.05) is 26.4 Å². The summed E-state index contributed by atoms with van der Waals surface area (Å²) >= 11 is 0. The Bertz CT molecular complexity index is 2030. The van der Waals surface area contributed by atoms with Gasteiger partial charge >= 0.3 is 0 Å². The van der Waals surface area contributed by atoms with Crippen LogP contribution >= 0.6 is 0 Å². The molecule has 17 unspecified atom stereocenters. The molecular weight excluding hydrogens is 1200 g/mol. The normalized spacial score (nSPS) is 27.9. The number of hydrogen-bond donors (Lipinski definition) is 12. The molecule has 3 heterocycles. The highest BCUT2D eigenvalue weighted by molar-refractivity contribution is 5.76. The van der Waals surface area contributed by atoms with E-state index in [1.165, 1.54) is 148 Å². The summed E-state index contributed by atoms with van der Waals surface area (Å²) < 4.78 is 34.3. The number of carbonyl (C=O) groups is 1. The highest BCUT2D eigenvalue weighted by Crippen LogP contribution is 2.33. The van der Waals surface area contributed by atoms with Gasteiger partial charge < -0.3 is 89.9 Å². The first kappa shape index (κ1) is 85.2. The van der Waals surface area contributed by atoms with Gasteiger partial charge in [-0.05, 0) is 77.0 Å². The van der Waals surface area contributed by atoms with Gasteiger partial charge in [-0.15, -0.1) is 0 Å². The highest BCUT2D eigenvalue weighted by atomic mass is 16.8. The summed E-state index contributed by atoms with van der Waals surface area (Å²) in [6.45, 7) is 1.59. The molecule has 1 amide bonds. The molecule has 544 valence electrons. The average molecular weight is 1330 g/mol. The first-order valence-corrected chi connectivity index (χ1v) is 36.8. The van der Waals surface area contributed by atoms with Crippen LogP contribution in [0.3, 0.4) is 0 Å². The summed E-state index contributed by atoms with van der Waals surface area (Å²) in [5.41, 5.74) is 0. The van der Waals surface area contributed by atoms with Crippen molar-refractivity contribution in [3.63, 3.8) is 0 Å². The van der Waals surface area contributed by atoms with Gasteiger partial charge in [-0.3, -0.25) is 4.79 Å². The van der Waals surface area contributed by atoms with Crippen LogP contribution in [-0.4, -0.2) is 193 Å². The van der Waals surface area contributed by atoms with Crippen molar-refractivity contribution in [1.29, 1.82) is 0 Å². The van der Waals surface area contributed by atoms with E-state index in [1.54, 1.807) is 6.08 Å². The summed E-state index contributed by atoms with van der Waals surface area (Å²) in [5, 5.41) is 120. The second-order valence-electron chi connectivity index (χ2n) is 26.0. The van der Waals surface area contributed by atoms with Crippen molar-refractivity contribution >= 4 is 5.91 Å². The third-order valence-corrected chi connectivity index (χ3v) is 17.9. The number of rotatable bonds is 56. The molecule has 3 saturated heterocycles. The topological polar surface area (TPSA) is 307 Å². The predicted octanol–water partition coefficient (Wildman–Crippen LogP) is 10.7. The van der Waals surface area contributed by atoms with Crippen molar-refractivity contribution < 1.29 is 89.4 Å². The van der Waals surface area contributed by atoms with E-state index in [4.69, 9.17) is 28.4 Å². The number of carbonyl (C=O) groups excluding carboxylic acids is 1. The summed E-state index contributed by atoms with van der Waals surface area (Å²) in [7, 11) is 0. The van der Waals surface area contributed by atoms with Crippen LogP contribution < -0.4 is 5.32 Å². The minimum atomic E-state index is -1.98. The van der Waals surface area contributed by atoms with Gasteiger partial charge in [-0.2, -0.15) is 0 Å². The maximum Gasteiger partial charge on any atom is 0.220 e. The summed E-state index contributed by atoms with van der Waals surface area (Å²) in [6.07, 6.45) is 45.8. The Morgan fingerprint density at radius 2 is 0.745 bits per heavy atom. The average Bonchev–Trinajstić information content (AvgIpc) is 0.792. The zero-order chi connectivity index (χ0) is 68.2. The zero-order valence-electron chi connectivity index (χ0n) is 57.7. The van der Waals surface area contributed by atoms with Gasteiger partial charge in [0.2, 0.25) is 5.91 Å². The highest BCUT2D eigenvalue weighted by Gasteiger charge is 2.53. The Morgan fingerprint density at radius 1 is 0.394 bits per heavy atom. The Kier molecular flexibility index (Phi) is 50.6. The SMILES string of the molecule is CC/C=C\C/C=C\C/C=C\C/C=C\C/C=C\CCCCCCCCCCCCCCCCCCCCCC(=O)NC(COC1OC(CO)C(OC2OC(CO)C(OC3OC(CO)C(O)C(O)C3O)C(O)C2O)C(O)C1O)C(O)/C=C/CC/C=C/CCCCCCCCCC. The molecule has 19 nitrogen and oxygen atoms in total. The molecule has 0 aromatic heterocycles. The van der Waals surface area contributed by atoms with Crippen LogP contribution in [0.5, 0.6) is 0 Å². The largest absolute Gasteiger partial charge is 0.394 e. The molecule has 3 rings (SSSR count). The van der Waals surface area contributed by atoms with Gasteiger partial charge in [0.15, 0.2) is 18.9 Å². The number of aliphatic hydroxyl groups excluding tert-OH is 11. The van der Waals surface area contributed by atoms with Crippen LogP contribution in [0.25, 0.3) is 0 Å². The van der Waals surface area contributed by atoms with Crippen LogP contribution in [-0.2, 0) is 33.2 Å². The van der Waals surface area contributed by atoms with E-state index in [2.05, 4.69) is 92.1 Å². The lowest BCUT2D eigenvalue weighted by Crippen LogP contribution is -2.66. The maximum atomic E-state index is 13.4. The lowest BCUT2D eigenvalue weighted by molar-refractivity contribution is -0.379. The van der Waals surface area contributed by atoms with Gasteiger partial charge in [0.25, 0.3) is 0 Å². The van der Waals surface area contributed by atoms with Crippen LogP contribution in [0.2, 0.25) is 0 Å². The van der Waals surface area contributed by atoms with Gasteiger partial charge in [0, 0.05) is 6.42 Å². The lowest BCUT2D eigenvalue weighted by atomic mass is 9.96. The molecule has 0 bridgehead atoms. The monoisotopic (exact) mass is 1330 g/mol. The van der Waals surface area contributed by atoms with Gasteiger partial charge in [-0.25, -0.2) is 0 Å². The van der Waals surface area contributed by atoms with Crippen LogP contribution in [0.4, 0.5) is 0 Å². The zero-order valence-corrected chi connectivity index (χ0v) is 57.7. The second kappa shape index (κ2) is 55.8. The van der Waals surface area contributed by atoms with Crippen LogP contribution in [0.15, 0.2) is 85.1 Å². The first-order chi connectivity index (χ1) is 45.8. The molecular formula is C75H131NO18. The number of hydrogen-bond acceptors (Lipinski definition) is 18. The van der Waals surface area contributed by atoms with E-state index in [1.807, 2.05) is 6.08 Å². The van der Waals surface area contributed by atoms with E-state index in [-0.39, 0.29) is 18.9 Å². The van der Waals surface area contributed by atoms with Crippen LogP contribution in [0.1, 0.15) is 251 Å². The molecule has 94 heavy (non-hydrogen) atoms. The van der Waals surface area contributed by atoms with E-state index < -0.39 is 124 Å². The third kappa shape index (κ3) is 36.7. The predicted molar refractivity (Wildman–Crippen MR) is 369 cm³/mol. The third-order valence-electron chi connectivity index (χ3n) is 17.9. The van der Waals surface area contributed by atoms with Crippen LogP contribution in [0, 0.1) is 0 Å². The molecule has 0 spiro atoms. The minimum Gasteiger partial charge on any atom is -0.394 e. The Balaban J connectivity index is 1.34. The van der Waals surface area contributed by atoms with Crippen molar-refractivity contribution in [1.82, 2.24) is 5.32 Å². The molecule has 0 aromatic carbocycles. The number of nitrogens with one attached hydrogen (secondary N) is 1. The molecule has 3 aliphatic rings. The van der Waals surface area contributed by atoms with Gasteiger partial charge in [0.1, 0.15) is 73.2 Å². The first-order valence-electron chi connectivity index (χ1n) is 36.8. The summed E-state index contributed by atoms with van der Waals surface area (Å²) in [5.74, 6) is -0.286. The fourth-order valence-electron chi connectivity index (χ4n) is 12.0. The Morgan fingerprint density at radius 3 is 1.19 bits per heavy atom. The van der Waals surface area contributed by atoms with Crippen molar-refractivity contribution in [3.8, 4) is 0 Å². The van der Waals surface area contributed by atoms with Gasteiger partial charge in [0.05, 0.1) is 38.6 Å². The molecule has 19 heteroatoms. The summed E-state index contributed by atoms with van der Waals surface area (Å²) in [4.78, 5) is 13.4. The standard InChI is InChI=1S/C75H131NO18/c1-3-5-7-9-11-13-15-17-19-20-21-22-23-24-25-26-27-28-29-30-31-32-33-34-35-36-37-38-39-41-43-45-47-49-51-53-63(81)76-58(59(80)52-50-48-46-44-42-40-18-16-14-12-10-8-6-4-2)57-89-73-69(87)66(84)71(61(55-78)91-73)94-75-70(88)67(85)72(62(56-79)92-75)93-74-68(86)65(83)64(82)60(54-77)90-74/h5,7,11,13,17,19,21-22,24-25,42,44,50,52,58-62,64-75,77-80,82-88H,3-4,6,8-10,12,14-16,18,20,23,26-41,43,45-49,51,53-57H2,1-2H3,(H,76,81)/b7-5-,13-11-,19-17-,22-21-,25-24-,44-42+,52-50+. The summed E-state index contributed by atoms with van der Waals surface area (Å²) in [6, 6.07) is -0.992. The molecule has 3 fully saturated rings. The smallest absolute Gasteiger partial charge is 0.220 e. The Hall–Kier alpha value is -3.03. The fraction of sp³-hybridized carbons (Fsp3) is 0.800. The minimum absolute atomic E-state index is 0.234. The van der Waals surface area contributed by atoms with Gasteiger partial charge in [-0.1, -0.05) is 253 Å². The number of unbranched alkanes of at least 4 members (excludes halogenated alkanes) is 28. The molecule has 0 saturated carbocycles. The van der Waals surface area contributed by atoms with E-state index in [0.717, 1.165) is 70.6 Å². The van der Waals surface area contributed by atoms with Crippen molar-refractivity contribution in [3.05, 3.63) is 85.1 Å². The maximum absolute atomic E-state index is 13.4. The fourth-order valence-corrected chi connectivity index (χ4v) is 12.0. The number of aliphatic hydroxyl groups is 11. The number of allylic oxidation sites excluding steroid dienone is 13. The Labute approximate surface area is 565 Å². The van der Waals surface area contributed by atoms with Crippen molar-refractivity contribution in [2.24, 2.45) is 0 Å². The quantitative estimate of drug-likeness (QED) is 0.0199. The van der Waals surface area contributed by atoms with Crippen molar-refractivity contribution in [2.45, 2.75) is 356 Å². The molecule has 0 radical (unpaired) electrons. The number of ether oxygens (including phenoxy) is 6. The molecule has 0 aromatic rings. The molecule has 3 aliphatic heterocycles. The van der Waals surface area contributed by atoms with E-state index >= 15 is 0 Å². The second-order valence-corrected chi connectivity index (χ2v) is 26.0. The van der Waals surface area contributed by atoms with E-state index in [9.17, 15) is 61.0 Å². The molecule has 12 N–H and O–H groups in total. The molecule has 0 aliphatic carbocycles. The lowest BCUT2D eigenvalue weighted by Gasteiger charge is -2.48.